The van der Waals surface area contributed by atoms with Crippen molar-refractivity contribution in [3.8, 4) is 11.3 Å². The Balaban J connectivity index is 1.68. The smallest absolute Gasteiger partial charge is 0.269 e. The standard InChI is InChI=1S/C18H15N5O3/c1-12-17(14-8-10-19-11-9-14)21-22-18(12)20-16(24)7-4-13-2-5-15(6-3-13)23(25)26/h2-11H,1H3,(H2,20,21,22,24). The fourth-order valence-corrected chi connectivity index (χ4v) is 2.35. The number of nitrogens with one attached hydrogen (secondary N) is 2. The van der Waals surface area contributed by atoms with E-state index in [0.717, 1.165) is 16.8 Å². The van der Waals surface area contributed by atoms with Crippen molar-refractivity contribution >= 4 is 23.5 Å². The zero-order chi connectivity index (χ0) is 18.5. The molecule has 0 saturated heterocycles. The molecule has 0 aliphatic heterocycles. The van der Waals surface area contributed by atoms with Gasteiger partial charge in [-0.25, -0.2) is 0 Å². The van der Waals surface area contributed by atoms with Crippen molar-refractivity contribution in [3.63, 3.8) is 0 Å². The number of hydrogen-bond donors (Lipinski definition) is 2. The summed E-state index contributed by atoms with van der Waals surface area (Å²) in [6, 6.07) is 9.59. The van der Waals surface area contributed by atoms with Crippen molar-refractivity contribution in [1.29, 1.82) is 0 Å². The van der Waals surface area contributed by atoms with Gasteiger partial charge in [0.1, 0.15) is 5.82 Å². The van der Waals surface area contributed by atoms with Crippen LogP contribution in [0.15, 0.2) is 54.9 Å². The topological polar surface area (TPSA) is 114 Å². The maximum Gasteiger partial charge on any atom is 0.269 e. The molecule has 0 spiro atoms. The lowest BCUT2D eigenvalue weighted by Crippen LogP contribution is -2.09. The highest BCUT2D eigenvalue weighted by atomic mass is 16.6. The number of nitrogens with zero attached hydrogens (tertiary/aromatic N) is 3. The van der Waals surface area contributed by atoms with E-state index in [1.807, 2.05) is 19.1 Å². The van der Waals surface area contributed by atoms with E-state index in [9.17, 15) is 14.9 Å². The minimum Gasteiger partial charge on any atom is -0.307 e. The van der Waals surface area contributed by atoms with Gasteiger partial charge in [0.15, 0.2) is 0 Å². The molecule has 2 N–H and O–H groups in total. The van der Waals surface area contributed by atoms with Crippen LogP contribution < -0.4 is 5.32 Å². The molecular weight excluding hydrogens is 334 g/mol. The summed E-state index contributed by atoms with van der Waals surface area (Å²) in [4.78, 5) is 26.2. The van der Waals surface area contributed by atoms with Gasteiger partial charge in [0, 0.05) is 41.7 Å². The van der Waals surface area contributed by atoms with Crippen molar-refractivity contribution < 1.29 is 9.72 Å². The second kappa shape index (κ2) is 7.39. The van der Waals surface area contributed by atoms with Crippen LogP contribution in [0.25, 0.3) is 17.3 Å². The second-order valence-electron chi connectivity index (χ2n) is 5.48. The number of aromatic nitrogens is 3. The van der Waals surface area contributed by atoms with Gasteiger partial charge in [0.2, 0.25) is 5.91 Å². The Morgan fingerprint density at radius 3 is 2.54 bits per heavy atom. The number of amides is 1. The first kappa shape index (κ1) is 17.0. The number of aromatic amines is 1. The number of benzene rings is 1. The summed E-state index contributed by atoms with van der Waals surface area (Å²) >= 11 is 0. The van der Waals surface area contributed by atoms with Crippen molar-refractivity contribution in [1.82, 2.24) is 15.2 Å². The number of carbonyl (C=O) groups is 1. The normalized spacial score (nSPS) is 10.8. The number of H-pyrrole nitrogens is 1. The summed E-state index contributed by atoms with van der Waals surface area (Å²) in [7, 11) is 0. The first-order valence-corrected chi connectivity index (χ1v) is 7.73. The average Bonchev–Trinajstić information content (AvgIpc) is 3.01. The Hall–Kier alpha value is -3.81. The molecule has 8 nitrogen and oxygen atoms in total. The highest BCUT2D eigenvalue weighted by molar-refractivity contribution is 6.02. The van der Waals surface area contributed by atoms with Crippen LogP contribution in [0.4, 0.5) is 11.5 Å². The SMILES string of the molecule is Cc1c(-c2ccncc2)n[nH]c1NC(=O)C=Cc1ccc([N+](=O)[O-])cc1. The van der Waals surface area contributed by atoms with Gasteiger partial charge in [-0.1, -0.05) is 0 Å². The first-order chi connectivity index (χ1) is 12.5. The maximum atomic E-state index is 12.1. The highest BCUT2D eigenvalue weighted by Crippen LogP contribution is 2.25. The Morgan fingerprint density at radius 1 is 1.19 bits per heavy atom. The molecule has 1 amide bonds. The molecule has 1 aromatic carbocycles. The van der Waals surface area contributed by atoms with Gasteiger partial charge in [-0.05, 0) is 42.8 Å². The Morgan fingerprint density at radius 2 is 1.88 bits per heavy atom. The lowest BCUT2D eigenvalue weighted by Gasteiger charge is -2.01. The van der Waals surface area contributed by atoms with E-state index in [2.05, 4.69) is 20.5 Å². The lowest BCUT2D eigenvalue weighted by atomic mass is 10.1. The summed E-state index contributed by atoms with van der Waals surface area (Å²) in [6.45, 7) is 1.86. The number of nitro benzene ring substituents is 1. The van der Waals surface area contributed by atoms with Gasteiger partial charge >= 0.3 is 0 Å². The minimum absolute atomic E-state index is 0.00308. The van der Waals surface area contributed by atoms with E-state index in [0.29, 0.717) is 11.4 Å². The van der Waals surface area contributed by atoms with E-state index in [-0.39, 0.29) is 11.6 Å². The summed E-state index contributed by atoms with van der Waals surface area (Å²) in [5.74, 6) is 0.173. The van der Waals surface area contributed by atoms with Gasteiger partial charge < -0.3 is 5.32 Å². The van der Waals surface area contributed by atoms with Gasteiger partial charge in [-0.15, -0.1) is 0 Å². The van der Waals surface area contributed by atoms with Gasteiger partial charge in [0.05, 0.1) is 10.6 Å². The number of carbonyl (C=O) groups excluding carboxylic acids is 1. The van der Waals surface area contributed by atoms with Crippen LogP contribution in [0, 0.1) is 17.0 Å². The van der Waals surface area contributed by atoms with Gasteiger partial charge in [0.25, 0.3) is 5.69 Å². The molecule has 0 bridgehead atoms. The zero-order valence-electron chi connectivity index (χ0n) is 13.8. The van der Waals surface area contributed by atoms with Crippen LogP contribution in [-0.4, -0.2) is 26.0 Å². The average molecular weight is 349 g/mol. The van der Waals surface area contributed by atoms with Crippen LogP contribution in [0.3, 0.4) is 0 Å². The third-order valence-corrected chi connectivity index (χ3v) is 3.74. The molecule has 130 valence electrons. The van der Waals surface area contributed by atoms with Crippen molar-refractivity contribution in [2.75, 3.05) is 5.32 Å². The molecule has 26 heavy (non-hydrogen) atoms. The lowest BCUT2D eigenvalue weighted by molar-refractivity contribution is -0.384. The second-order valence-corrected chi connectivity index (χ2v) is 5.48. The molecule has 0 radical (unpaired) electrons. The summed E-state index contributed by atoms with van der Waals surface area (Å²) in [5, 5.41) is 20.4. The van der Waals surface area contributed by atoms with Crippen molar-refractivity contribution in [3.05, 3.63) is 76.1 Å². The molecule has 0 unspecified atom stereocenters. The molecule has 8 heteroatoms. The Bertz CT molecular complexity index is 962. The van der Waals surface area contributed by atoms with E-state index in [4.69, 9.17) is 0 Å². The van der Waals surface area contributed by atoms with E-state index >= 15 is 0 Å². The molecule has 0 fully saturated rings. The molecule has 2 heterocycles. The molecule has 0 aliphatic carbocycles. The van der Waals surface area contributed by atoms with Crippen LogP contribution in [-0.2, 0) is 4.79 Å². The predicted molar refractivity (Wildman–Crippen MR) is 97.3 cm³/mol. The molecule has 2 aromatic heterocycles. The molecule has 3 aromatic rings. The van der Waals surface area contributed by atoms with Gasteiger partial charge in [-0.3, -0.25) is 25.0 Å². The van der Waals surface area contributed by atoms with Crippen LogP contribution >= 0.6 is 0 Å². The number of anilines is 1. The number of non-ortho nitro benzene ring substituents is 1. The minimum atomic E-state index is -0.471. The van der Waals surface area contributed by atoms with Gasteiger partial charge in [-0.2, -0.15) is 5.10 Å². The molecule has 0 aliphatic rings. The van der Waals surface area contributed by atoms with E-state index in [1.165, 1.54) is 18.2 Å². The molecule has 0 saturated carbocycles. The summed E-state index contributed by atoms with van der Waals surface area (Å²) in [6.07, 6.45) is 6.28. The monoisotopic (exact) mass is 349 g/mol. The fraction of sp³-hybridized carbons (Fsp3) is 0.0556. The highest BCUT2D eigenvalue weighted by Gasteiger charge is 2.12. The third kappa shape index (κ3) is 3.81. The molecular formula is C18H15N5O3. The van der Waals surface area contributed by atoms with Crippen LogP contribution in [0.2, 0.25) is 0 Å². The van der Waals surface area contributed by atoms with E-state index < -0.39 is 4.92 Å². The largest absolute Gasteiger partial charge is 0.307 e. The van der Waals surface area contributed by atoms with Crippen molar-refractivity contribution in [2.24, 2.45) is 0 Å². The maximum absolute atomic E-state index is 12.1. The predicted octanol–water partition coefficient (Wildman–Crippen LogP) is 3.34. The molecule has 0 atom stereocenters. The summed E-state index contributed by atoms with van der Waals surface area (Å²) < 4.78 is 0. The number of pyridine rings is 1. The van der Waals surface area contributed by atoms with Crippen molar-refractivity contribution in [2.45, 2.75) is 6.92 Å². The fourth-order valence-electron chi connectivity index (χ4n) is 2.35. The van der Waals surface area contributed by atoms with Crippen LogP contribution in [0.1, 0.15) is 11.1 Å². The van der Waals surface area contributed by atoms with E-state index in [1.54, 1.807) is 30.6 Å². The third-order valence-electron chi connectivity index (χ3n) is 3.74. The molecule has 3 rings (SSSR count). The number of hydrogen-bond acceptors (Lipinski definition) is 5. The first-order valence-electron chi connectivity index (χ1n) is 7.73. The number of rotatable bonds is 5. The Kier molecular flexibility index (Phi) is 4.84. The van der Waals surface area contributed by atoms with Crippen LogP contribution in [0.5, 0.6) is 0 Å². The summed E-state index contributed by atoms with van der Waals surface area (Å²) in [5.41, 5.74) is 3.14. The Labute approximate surface area is 148 Å². The number of nitro groups is 1. The zero-order valence-corrected chi connectivity index (χ0v) is 13.8. The quantitative estimate of drug-likeness (QED) is 0.416.